The van der Waals surface area contributed by atoms with Crippen molar-refractivity contribution in [3.63, 3.8) is 0 Å². The third-order valence-corrected chi connectivity index (χ3v) is 4.33. The molecule has 0 unspecified atom stereocenters. The molecule has 0 atom stereocenters. The van der Waals surface area contributed by atoms with E-state index >= 15 is 0 Å². The molecule has 0 heterocycles. The van der Waals surface area contributed by atoms with E-state index in [0.717, 1.165) is 5.57 Å². The summed E-state index contributed by atoms with van der Waals surface area (Å²) in [5, 5.41) is 8.72. The van der Waals surface area contributed by atoms with Crippen LogP contribution in [0.1, 0.15) is 53.9 Å². The molecule has 0 saturated heterocycles. The molecular formula is C20H29FO. The molecule has 0 bridgehead atoms. The van der Waals surface area contributed by atoms with E-state index in [1.807, 2.05) is 19.1 Å². The Labute approximate surface area is 134 Å². The first kappa shape index (κ1) is 18.6. The van der Waals surface area contributed by atoms with Crippen LogP contribution in [0.25, 0.3) is 0 Å². The molecule has 0 spiro atoms. The molecule has 1 nitrogen and oxygen atoms in total. The maximum absolute atomic E-state index is 13.1. The van der Waals surface area contributed by atoms with Crippen molar-refractivity contribution >= 4 is 0 Å². The van der Waals surface area contributed by atoms with Gasteiger partial charge in [-0.1, -0.05) is 55.4 Å². The first-order valence-corrected chi connectivity index (χ1v) is 7.97. The van der Waals surface area contributed by atoms with Gasteiger partial charge < -0.3 is 5.11 Å². The zero-order valence-electron chi connectivity index (χ0n) is 14.5. The van der Waals surface area contributed by atoms with Crippen molar-refractivity contribution in [2.45, 2.75) is 53.9 Å². The lowest BCUT2D eigenvalue weighted by Gasteiger charge is -2.32. The molecule has 22 heavy (non-hydrogen) atoms. The minimum Gasteiger partial charge on any atom is -0.389 e. The molecule has 0 fully saturated rings. The fourth-order valence-corrected chi connectivity index (χ4v) is 2.84. The highest BCUT2D eigenvalue weighted by atomic mass is 19.1. The summed E-state index contributed by atoms with van der Waals surface area (Å²) in [5.41, 5.74) is 4.76. The van der Waals surface area contributed by atoms with E-state index in [9.17, 15) is 4.39 Å². The Bertz CT molecular complexity index is 542. The molecule has 2 heteroatoms. The number of aliphatic hydroxyl groups excluding tert-OH is 1. The molecule has 1 rings (SSSR count). The van der Waals surface area contributed by atoms with E-state index in [4.69, 9.17) is 5.11 Å². The summed E-state index contributed by atoms with van der Waals surface area (Å²) >= 11 is 0. The van der Waals surface area contributed by atoms with Crippen molar-refractivity contribution in [1.29, 1.82) is 0 Å². The number of hydrogen-bond acceptors (Lipinski definition) is 1. The van der Waals surface area contributed by atoms with Crippen LogP contribution in [0.3, 0.4) is 0 Å². The van der Waals surface area contributed by atoms with Crippen LogP contribution < -0.4 is 0 Å². The Morgan fingerprint density at radius 2 is 1.95 bits per heavy atom. The van der Waals surface area contributed by atoms with Gasteiger partial charge in [0.1, 0.15) is 5.83 Å². The maximum atomic E-state index is 13.1. The highest BCUT2D eigenvalue weighted by Gasteiger charge is 2.26. The van der Waals surface area contributed by atoms with Crippen molar-refractivity contribution < 1.29 is 9.50 Å². The molecule has 1 N–H and O–H groups in total. The van der Waals surface area contributed by atoms with Crippen molar-refractivity contribution in [3.8, 4) is 0 Å². The van der Waals surface area contributed by atoms with Gasteiger partial charge in [-0.3, -0.25) is 0 Å². The quantitative estimate of drug-likeness (QED) is 0.636. The van der Waals surface area contributed by atoms with E-state index in [0.29, 0.717) is 5.57 Å². The standard InChI is InChI=1S/C20H29FO/c1-15(8-6-9-17(3)19(21)14-22)11-12-18-16(2)10-7-13-20(18,4)5/h6,8-9,11-12,22H,7,10,13-14H2,1-5H3/b9-6+,12-11+,15-8-,19-17+. The number of rotatable bonds is 5. The predicted octanol–water partition coefficient (Wildman–Crippen LogP) is 5.81. The first-order chi connectivity index (χ1) is 10.3. The summed E-state index contributed by atoms with van der Waals surface area (Å²) < 4.78 is 13.1. The van der Waals surface area contributed by atoms with Crippen molar-refractivity contribution in [3.05, 3.63) is 58.5 Å². The van der Waals surface area contributed by atoms with E-state index < -0.39 is 12.4 Å². The number of allylic oxidation sites excluding steroid dienone is 9. The molecule has 0 saturated carbocycles. The lowest BCUT2D eigenvalue weighted by atomic mass is 9.72. The minimum absolute atomic E-state index is 0.249. The van der Waals surface area contributed by atoms with Crippen molar-refractivity contribution in [2.24, 2.45) is 5.41 Å². The van der Waals surface area contributed by atoms with Crippen molar-refractivity contribution in [1.82, 2.24) is 0 Å². The van der Waals surface area contributed by atoms with Crippen LogP contribution in [0.5, 0.6) is 0 Å². The summed E-state index contributed by atoms with van der Waals surface area (Å²) in [4.78, 5) is 0. The monoisotopic (exact) mass is 304 g/mol. The molecule has 122 valence electrons. The second kappa shape index (κ2) is 8.28. The largest absolute Gasteiger partial charge is 0.389 e. The van der Waals surface area contributed by atoms with Crippen molar-refractivity contribution in [2.75, 3.05) is 6.61 Å². The van der Waals surface area contributed by atoms with E-state index in [2.05, 4.69) is 32.9 Å². The molecule has 0 radical (unpaired) electrons. The third kappa shape index (κ3) is 5.42. The van der Waals surface area contributed by atoms with Gasteiger partial charge in [0, 0.05) is 0 Å². The Morgan fingerprint density at radius 3 is 2.55 bits per heavy atom. The van der Waals surface area contributed by atoms with Crippen LogP contribution >= 0.6 is 0 Å². The van der Waals surface area contributed by atoms with Crippen LogP contribution in [0.2, 0.25) is 0 Å². The lowest BCUT2D eigenvalue weighted by Crippen LogP contribution is -2.19. The average molecular weight is 304 g/mol. The van der Waals surface area contributed by atoms with Gasteiger partial charge in [0.2, 0.25) is 0 Å². The maximum Gasteiger partial charge on any atom is 0.128 e. The highest BCUT2D eigenvalue weighted by molar-refractivity contribution is 5.37. The molecule has 0 aromatic rings. The summed E-state index contributed by atoms with van der Waals surface area (Å²) in [6.45, 7) is 9.99. The van der Waals surface area contributed by atoms with Gasteiger partial charge in [0.05, 0.1) is 6.61 Å². The van der Waals surface area contributed by atoms with Gasteiger partial charge in [-0.2, -0.15) is 0 Å². The zero-order chi connectivity index (χ0) is 16.8. The van der Waals surface area contributed by atoms with Crippen LogP contribution in [0, 0.1) is 5.41 Å². The summed E-state index contributed by atoms with van der Waals surface area (Å²) in [7, 11) is 0. The van der Waals surface area contributed by atoms with Crippen LogP contribution in [-0.2, 0) is 0 Å². The van der Waals surface area contributed by atoms with Gasteiger partial charge in [-0.25, -0.2) is 4.39 Å². The first-order valence-electron chi connectivity index (χ1n) is 7.97. The van der Waals surface area contributed by atoms with E-state index in [1.54, 1.807) is 13.0 Å². The molecule has 0 aromatic heterocycles. The van der Waals surface area contributed by atoms with Gasteiger partial charge >= 0.3 is 0 Å². The topological polar surface area (TPSA) is 20.2 Å². The molecule has 0 amide bonds. The van der Waals surface area contributed by atoms with E-state index in [-0.39, 0.29) is 5.41 Å². The Balaban J connectivity index is 2.82. The summed E-state index contributed by atoms with van der Waals surface area (Å²) in [5.74, 6) is -0.484. The van der Waals surface area contributed by atoms with Gasteiger partial charge in [0.25, 0.3) is 0 Å². The van der Waals surface area contributed by atoms with Crippen LogP contribution in [-0.4, -0.2) is 11.7 Å². The average Bonchev–Trinajstić information content (AvgIpc) is 2.45. The normalized spacial score (nSPS) is 21.0. The molecular weight excluding hydrogens is 275 g/mol. The van der Waals surface area contributed by atoms with E-state index in [1.165, 1.54) is 30.4 Å². The van der Waals surface area contributed by atoms with Gasteiger partial charge in [-0.05, 0) is 56.6 Å². The lowest BCUT2D eigenvalue weighted by molar-refractivity contribution is 0.296. The van der Waals surface area contributed by atoms with Gasteiger partial charge in [0.15, 0.2) is 0 Å². The fraction of sp³-hybridized carbons (Fsp3) is 0.500. The SMILES string of the molecule is CC1=C(/C=C/C(C)=C\C=C\C(C)=C(\F)CO)C(C)(C)CCC1. The van der Waals surface area contributed by atoms with Gasteiger partial charge in [-0.15, -0.1) is 0 Å². The molecule has 1 aliphatic rings. The molecule has 0 aliphatic heterocycles. The number of hydrogen-bond donors (Lipinski definition) is 1. The number of aliphatic hydroxyl groups is 1. The Hall–Kier alpha value is -1.41. The Morgan fingerprint density at radius 1 is 1.27 bits per heavy atom. The highest BCUT2D eigenvalue weighted by Crippen LogP contribution is 2.40. The molecule has 1 aliphatic carbocycles. The summed E-state index contributed by atoms with van der Waals surface area (Å²) in [6.07, 6.45) is 13.5. The molecule has 0 aromatic carbocycles. The zero-order valence-corrected chi connectivity index (χ0v) is 14.5. The van der Waals surface area contributed by atoms with Crippen LogP contribution in [0.15, 0.2) is 58.5 Å². The number of halogens is 1. The fourth-order valence-electron chi connectivity index (χ4n) is 2.84. The predicted molar refractivity (Wildman–Crippen MR) is 93.3 cm³/mol. The second-order valence-electron chi connectivity index (χ2n) is 6.78. The second-order valence-corrected chi connectivity index (χ2v) is 6.78. The minimum atomic E-state index is -0.540. The smallest absolute Gasteiger partial charge is 0.128 e. The third-order valence-electron chi connectivity index (χ3n) is 4.33. The van der Waals surface area contributed by atoms with Crippen LogP contribution in [0.4, 0.5) is 4.39 Å². The Kier molecular flexibility index (Phi) is 7.02. The summed E-state index contributed by atoms with van der Waals surface area (Å²) in [6, 6.07) is 0.